The number of fused-ring (bicyclic) bond motifs is 1. The molecule has 0 radical (unpaired) electrons. The van der Waals surface area contributed by atoms with E-state index in [4.69, 9.17) is 16.3 Å². The van der Waals surface area contributed by atoms with Gasteiger partial charge in [0.1, 0.15) is 11.1 Å². The van der Waals surface area contributed by atoms with Crippen molar-refractivity contribution in [3.8, 4) is 5.06 Å². The topological polar surface area (TPSA) is 48.4 Å². The van der Waals surface area contributed by atoms with Crippen LogP contribution in [0, 0.1) is 0 Å². The maximum absolute atomic E-state index is 11.6. The van der Waals surface area contributed by atoms with Gasteiger partial charge in [0.15, 0.2) is 5.06 Å². The van der Waals surface area contributed by atoms with Gasteiger partial charge in [-0.1, -0.05) is 22.9 Å². The largest absolute Gasteiger partial charge is 0.486 e. The van der Waals surface area contributed by atoms with Gasteiger partial charge in [-0.05, 0) is 6.07 Å². The summed E-state index contributed by atoms with van der Waals surface area (Å²) in [7, 11) is 2.81. The number of ether oxygens (including phenoxy) is 2. The number of carbonyl (C=O) groups is 1. The molecule has 16 heavy (non-hydrogen) atoms. The smallest absolute Gasteiger partial charge is 0.344 e. The number of esters is 1. The molecule has 0 bridgehead atoms. The van der Waals surface area contributed by atoms with Crippen molar-refractivity contribution in [1.29, 1.82) is 0 Å². The van der Waals surface area contributed by atoms with Crippen molar-refractivity contribution in [1.82, 2.24) is 4.98 Å². The Morgan fingerprint density at radius 2 is 2.25 bits per heavy atom. The quantitative estimate of drug-likeness (QED) is 0.776. The number of aromatic nitrogens is 1. The number of carbonyl (C=O) groups excluding carboxylic acids is 1. The fraction of sp³-hybridized carbons (Fsp3) is 0.200. The summed E-state index contributed by atoms with van der Waals surface area (Å²) in [6, 6.07) is 1.67. The van der Waals surface area contributed by atoms with Crippen molar-refractivity contribution in [3.63, 3.8) is 0 Å². The van der Waals surface area contributed by atoms with Crippen LogP contribution in [0.25, 0.3) is 10.2 Å². The van der Waals surface area contributed by atoms with Crippen molar-refractivity contribution in [2.45, 2.75) is 0 Å². The molecule has 2 aromatic rings. The maximum Gasteiger partial charge on any atom is 0.344 e. The molecule has 84 valence electrons. The minimum atomic E-state index is -0.474. The van der Waals surface area contributed by atoms with Crippen LogP contribution in [-0.2, 0) is 4.74 Å². The molecule has 0 N–H and O–H groups in total. The number of rotatable bonds is 2. The lowest BCUT2D eigenvalue weighted by molar-refractivity contribution is 0.0600. The lowest BCUT2D eigenvalue weighted by atomic mass is 10.2. The van der Waals surface area contributed by atoms with Crippen molar-refractivity contribution >= 4 is 39.1 Å². The summed E-state index contributed by atoms with van der Waals surface area (Å²) in [5, 5.41) is 1.01. The molecule has 0 amide bonds. The zero-order chi connectivity index (χ0) is 11.7. The summed E-state index contributed by atoms with van der Waals surface area (Å²) in [6.07, 6.45) is 1.54. The minimum absolute atomic E-state index is 0.326. The summed E-state index contributed by atoms with van der Waals surface area (Å²) >= 11 is 7.29. The second kappa shape index (κ2) is 4.27. The molecule has 0 unspecified atom stereocenters. The monoisotopic (exact) mass is 257 g/mol. The van der Waals surface area contributed by atoms with Gasteiger partial charge in [-0.2, -0.15) is 0 Å². The number of hydrogen-bond donors (Lipinski definition) is 0. The Labute approximate surface area is 101 Å². The van der Waals surface area contributed by atoms with Gasteiger partial charge < -0.3 is 9.47 Å². The van der Waals surface area contributed by atoms with Gasteiger partial charge in [0.2, 0.25) is 0 Å². The normalized spacial score (nSPS) is 10.4. The minimum Gasteiger partial charge on any atom is -0.486 e. The van der Waals surface area contributed by atoms with E-state index >= 15 is 0 Å². The highest BCUT2D eigenvalue weighted by Gasteiger charge is 2.22. The average Bonchev–Trinajstić information content (AvgIpc) is 2.68. The molecular weight excluding hydrogens is 250 g/mol. The second-order valence-corrected chi connectivity index (χ2v) is 4.32. The zero-order valence-corrected chi connectivity index (χ0v) is 10.2. The van der Waals surface area contributed by atoms with E-state index in [2.05, 4.69) is 9.72 Å². The summed E-state index contributed by atoms with van der Waals surface area (Å²) in [5.41, 5.74) is 0.841. The van der Waals surface area contributed by atoms with Gasteiger partial charge in [0, 0.05) is 6.20 Å². The Hall–Kier alpha value is -1.33. The lowest BCUT2D eigenvalue weighted by Crippen LogP contribution is -2.02. The van der Waals surface area contributed by atoms with Crippen LogP contribution in [-0.4, -0.2) is 25.2 Å². The fourth-order valence-electron chi connectivity index (χ4n) is 1.37. The molecule has 2 rings (SSSR count). The van der Waals surface area contributed by atoms with Crippen LogP contribution in [0.1, 0.15) is 10.4 Å². The summed E-state index contributed by atoms with van der Waals surface area (Å²) < 4.78 is 10.5. The van der Waals surface area contributed by atoms with E-state index in [1.165, 1.54) is 25.6 Å². The number of nitrogens with zero attached hydrogens (tertiary/aromatic N) is 1. The van der Waals surface area contributed by atoms with Crippen LogP contribution in [0.4, 0.5) is 0 Å². The highest BCUT2D eigenvalue weighted by Crippen LogP contribution is 2.39. The maximum atomic E-state index is 11.6. The van der Waals surface area contributed by atoms with E-state index in [1.54, 1.807) is 12.3 Å². The molecule has 0 saturated carbocycles. The van der Waals surface area contributed by atoms with Gasteiger partial charge in [-0.3, -0.25) is 4.98 Å². The summed E-state index contributed by atoms with van der Waals surface area (Å²) in [5.74, 6) is -0.474. The molecule has 0 saturated heterocycles. The van der Waals surface area contributed by atoms with Crippen molar-refractivity contribution < 1.29 is 14.3 Å². The third-order valence-corrected chi connectivity index (χ3v) is 3.67. The van der Waals surface area contributed by atoms with Crippen molar-refractivity contribution in [2.24, 2.45) is 0 Å². The molecule has 0 atom stereocenters. The van der Waals surface area contributed by atoms with Crippen LogP contribution < -0.4 is 4.74 Å². The van der Waals surface area contributed by atoms with Crippen LogP contribution in [0.3, 0.4) is 0 Å². The molecule has 4 nitrogen and oxygen atoms in total. The fourth-order valence-corrected chi connectivity index (χ4v) is 2.60. The van der Waals surface area contributed by atoms with E-state index in [0.717, 1.165) is 4.70 Å². The van der Waals surface area contributed by atoms with E-state index in [1.807, 2.05) is 0 Å². The van der Waals surface area contributed by atoms with E-state index < -0.39 is 5.97 Å². The molecule has 0 fully saturated rings. The Bertz CT molecular complexity index is 552. The SMILES string of the molecule is COC(=O)c1c(OC)sc2c(Cl)ccnc12. The van der Waals surface area contributed by atoms with Crippen molar-refractivity contribution in [3.05, 3.63) is 22.8 Å². The number of halogens is 1. The Balaban J connectivity index is 2.78. The predicted octanol–water partition coefficient (Wildman–Crippen LogP) is 2.74. The molecular formula is C10H8ClNO3S. The van der Waals surface area contributed by atoms with Gasteiger partial charge in [-0.15, -0.1) is 0 Å². The molecule has 6 heteroatoms. The molecule has 0 aliphatic rings. The zero-order valence-electron chi connectivity index (χ0n) is 8.61. The molecule has 0 aliphatic heterocycles. The lowest BCUT2D eigenvalue weighted by Gasteiger charge is -1.99. The number of hydrogen-bond acceptors (Lipinski definition) is 5. The molecule has 2 aromatic heterocycles. The molecule has 2 heterocycles. The van der Waals surface area contributed by atoms with Crippen LogP contribution in [0.15, 0.2) is 12.3 Å². The van der Waals surface area contributed by atoms with E-state index in [-0.39, 0.29) is 0 Å². The summed E-state index contributed by atoms with van der Waals surface area (Å²) in [6.45, 7) is 0. The first-order valence-corrected chi connectivity index (χ1v) is 5.57. The van der Waals surface area contributed by atoms with Gasteiger partial charge in [-0.25, -0.2) is 4.79 Å². The highest BCUT2D eigenvalue weighted by atomic mass is 35.5. The van der Waals surface area contributed by atoms with Gasteiger partial charge in [0.25, 0.3) is 0 Å². The highest BCUT2D eigenvalue weighted by molar-refractivity contribution is 7.21. The predicted molar refractivity (Wildman–Crippen MR) is 62.5 cm³/mol. The first-order chi connectivity index (χ1) is 7.69. The molecule has 0 spiro atoms. The molecule has 0 aliphatic carbocycles. The number of thiophene rings is 1. The van der Waals surface area contributed by atoms with Gasteiger partial charge in [0.05, 0.1) is 23.9 Å². The molecule has 0 aromatic carbocycles. The van der Waals surface area contributed by atoms with E-state index in [9.17, 15) is 4.79 Å². The first-order valence-electron chi connectivity index (χ1n) is 4.38. The van der Waals surface area contributed by atoms with Crippen LogP contribution in [0.5, 0.6) is 5.06 Å². The Kier molecular flexibility index (Phi) is 2.98. The average molecular weight is 258 g/mol. The second-order valence-electron chi connectivity index (χ2n) is 2.93. The third-order valence-electron chi connectivity index (χ3n) is 2.07. The first kappa shape index (κ1) is 11.2. The van der Waals surface area contributed by atoms with E-state index in [0.29, 0.717) is 21.2 Å². The number of pyridine rings is 1. The van der Waals surface area contributed by atoms with Gasteiger partial charge >= 0.3 is 5.97 Å². The number of methoxy groups -OCH3 is 2. The third kappa shape index (κ3) is 1.62. The Morgan fingerprint density at radius 1 is 1.50 bits per heavy atom. The standard InChI is InChI=1S/C10H8ClNO3S/c1-14-9(13)6-7-8(16-10(6)15-2)5(11)3-4-12-7/h3-4H,1-2H3. The van der Waals surface area contributed by atoms with Crippen LogP contribution in [0.2, 0.25) is 5.02 Å². The van der Waals surface area contributed by atoms with Crippen LogP contribution >= 0.6 is 22.9 Å². The Morgan fingerprint density at radius 3 is 2.88 bits per heavy atom. The van der Waals surface area contributed by atoms with Crippen molar-refractivity contribution in [2.75, 3.05) is 14.2 Å². The summed E-state index contributed by atoms with van der Waals surface area (Å²) in [4.78, 5) is 15.7.